The molecule has 0 bridgehead atoms. The summed E-state index contributed by atoms with van der Waals surface area (Å²) in [5.74, 6) is 0. The molecule has 0 saturated heterocycles. The van der Waals surface area contributed by atoms with Crippen molar-refractivity contribution in [1.29, 1.82) is 0 Å². The van der Waals surface area contributed by atoms with E-state index in [4.69, 9.17) is 15.2 Å². The highest BCUT2D eigenvalue weighted by molar-refractivity contribution is 7.89. The molecule has 1 aromatic carbocycles. The van der Waals surface area contributed by atoms with E-state index in [0.717, 1.165) is 5.56 Å². The van der Waals surface area contributed by atoms with Crippen molar-refractivity contribution < 1.29 is 17.9 Å². The minimum atomic E-state index is -3.66. The highest BCUT2D eigenvalue weighted by Gasteiger charge is 2.23. The lowest BCUT2D eigenvalue weighted by Crippen LogP contribution is -2.36. The van der Waals surface area contributed by atoms with Crippen LogP contribution in [0.25, 0.3) is 0 Å². The Balaban J connectivity index is 3.09. The van der Waals surface area contributed by atoms with E-state index in [2.05, 4.69) is 4.72 Å². The van der Waals surface area contributed by atoms with Crippen LogP contribution in [0, 0.1) is 20.8 Å². The van der Waals surface area contributed by atoms with E-state index in [-0.39, 0.29) is 17.5 Å². The lowest BCUT2D eigenvalue weighted by molar-refractivity contribution is 0.0320. The number of methoxy groups -OCH3 is 2. The van der Waals surface area contributed by atoms with Crippen LogP contribution < -0.4 is 10.5 Å². The summed E-state index contributed by atoms with van der Waals surface area (Å²) < 4.78 is 37.8. The summed E-state index contributed by atoms with van der Waals surface area (Å²) in [5.41, 5.74) is 8.46. The van der Waals surface area contributed by atoms with E-state index < -0.39 is 10.0 Å². The van der Waals surface area contributed by atoms with Gasteiger partial charge in [0.1, 0.15) is 0 Å². The normalized spacial score (nSPS) is 13.4. The maximum atomic E-state index is 12.5. The fraction of sp³-hybridized carbons (Fsp3) is 0.571. The van der Waals surface area contributed by atoms with E-state index in [1.807, 2.05) is 6.92 Å². The van der Waals surface area contributed by atoms with Crippen molar-refractivity contribution in [1.82, 2.24) is 4.72 Å². The highest BCUT2D eigenvalue weighted by Crippen LogP contribution is 2.27. The summed E-state index contributed by atoms with van der Waals surface area (Å²) in [6, 6.07) is 1.78. The molecule has 1 aromatic rings. The Kier molecular flexibility index (Phi) is 6.15. The number of nitrogens with one attached hydrogen (secondary N) is 1. The summed E-state index contributed by atoms with van der Waals surface area (Å²) in [6.45, 7) is 5.78. The third-order valence-electron chi connectivity index (χ3n) is 3.53. The second-order valence-corrected chi connectivity index (χ2v) is 6.73. The molecule has 6 nitrogen and oxygen atoms in total. The molecule has 0 amide bonds. The standard InChI is InChI=1S/C14H24N2O4S/c1-9-6-13(15)11(3)14(10(9)2)21(17,18)16-7-12(20-5)8-19-4/h6,12,16H,7-8,15H2,1-5H3. The molecular weight excluding hydrogens is 292 g/mol. The third-order valence-corrected chi connectivity index (χ3v) is 5.23. The number of nitrogens with two attached hydrogens (primary N) is 1. The number of rotatable bonds is 7. The maximum Gasteiger partial charge on any atom is 0.241 e. The van der Waals surface area contributed by atoms with Crippen LogP contribution in [0.2, 0.25) is 0 Å². The molecule has 120 valence electrons. The SMILES string of the molecule is COCC(CNS(=O)(=O)c1c(C)c(C)cc(N)c1C)OC. The van der Waals surface area contributed by atoms with Crippen molar-refractivity contribution in [3.63, 3.8) is 0 Å². The van der Waals surface area contributed by atoms with Gasteiger partial charge in [0.15, 0.2) is 0 Å². The van der Waals surface area contributed by atoms with E-state index in [9.17, 15) is 8.42 Å². The summed E-state index contributed by atoms with van der Waals surface area (Å²) in [6.07, 6.45) is -0.340. The molecule has 0 aliphatic heterocycles. The van der Waals surface area contributed by atoms with E-state index >= 15 is 0 Å². The molecule has 21 heavy (non-hydrogen) atoms. The van der Waals surface area contributed by atoms with Gasteiger partial charge in [0.2, 0.25) is 10.0 Å². The first-order chi connectivity index (χ1) is 9.74. The van der Waals surface area contributed by atoms with Crippen LogP contribution in [0.15, 0.2) is 11.0 Å². The lowest BCUT2D eigenvalue weighted by Gasteiger charge is -2.18. The van der Waals surface area contributed by atoms with Gasteiger partial charge in [-0.15, -0.1) is 0 Å². The summed E-state index contributed by atoms with van der Waals surface area (Å²) in [4.78, 5) is 0.243. The van der Waals surface area contributed by atoms with Gasteiger partial charge in [-0.25, -0.2) is 13.1 Å². The van der Waals surface area contributed by atoms with Gasteiger partial charge in [0, 0.05) is 26.5 Å². The Hall–Kier alpha value is -1.15. The van der Waals surface area contributed by atoms with Crippen molar-refractivity contribution in [3.8, 4) is 0 Å². The Morgan fingerprint density at radius 1 is 1.24 bits per heavy atom. The number of sulfonamides is 1. The van der Waals surface area contributed by atoms with Gasteiger partial charge >= 0.3 is 0 Å². The van der Waals surface area contributed by atoms with Crippen LogP contribution in [0.3, 0.4) is 0 Å². The Bertz CT molecular complexity index is 573. The zero-order valence-electron chi connectivity index (χ0n) is 13.2. The zero-order valence-corrected chi connectivity index (χ0v) is 14.0. The number of benzene rings is 1. The molecule has 0 spiro atoms. The van der Waals surface area contributed by atoms with Gasteiger partial charge in [-0.05, 0) is 43.5 Å². The molecule has 0 fully saturated rings. The third kappa shape index (κ3) is 4.16. The number of ether oxygens (including phenoxy) is 2. The number of hydrogen-bond acceptors (Lipinski definition) is 5. The predicted octanol–water partition coefficient (Wildman–Crippen LogP) is 1.13. The van der Waals surface area contributed by atoms with Gasteiger partial charge in [-0.3, -0.25) is 0 Å². The minimum Gasteiger partial charge on any atom is -0.398 e. The first-order valence-electron chi connectivity index (χ1n) is 6.62. The van der Waals surface area contributed by atoms with Crippen molar-refractivity contribution in [2.75, 3.05) is 33.1 Å². The quantitative estimate of drug-likeness (QED) is 0.736. The molecule has 3 N–H and O–H groups in total. The molecule has 1 unspecified atom stereocenters. The average Bonchev–Trinajstić information content (AvgIpc) is 2.41. The minimum absolute atomic E-state index is 0.138. The molecule has 7 heteroatoms. The monoisotopic (exact) mass is 316 g/mol. The summed E-state index contributed by atoms with van der Waals surface area (Å²) in [7, 11) is -0.605. The van der Waals surface area contributed by atoms with E-state index in [1.165, 1.54) is 14.2 Å². The number of anilines is 1. The zero-order chi connectivity index (χ0) is 16.2. The molecule has 1 rings (SSSR count). The van der Waals surface area contributed by atoms with Crippen molar-refractivity contribution in [3.05, 3.63) is 22.8 Å². The van der Waals surface area contributed by atoms with Crippen molar-refractivity contribution in [2.45, 2.75) is 31.8 Å². The predicted molar refractivity (Wildman–Crippen MR) is 82.9 cm³/mol. The van der Waals surface area contributed by atoms with Gasteiger partial charge in [0.05, 0.1) is 17.6 Å². The van der Waals surface area contributed by atoms with Gasteiger partial charge in [-0.1, -0.05) is 0 Å². The molecule has 0 aromatic heterocycles. The van der Waals surface area contributed by atoms with Crippen molar-refractivity contribution in [2.24, 2.45) is 0 Å². The van der Waals surface area contributed by atoms with Crippen molar-refractivity contribution >= 4 is 15.7 Å². The van der Waals surface area contributed by atoms with Crippen LogP contribution in [0.1, 0.15) is 16.7 Å². The maximum absolute atomic E-state index is 12.5. The van der Waals surface area contributed by atoms with Crippen LogP contribution in [-0.4, -0.2) is 41.9 Å². The smallest absolute Gasteiger partial charge is 0.241 e. The Morgan fingerprint density at radius 2 is 1.86 bits per heavy atom. The number of aryl methyl sites for hydroxylation is 1. The van der Waals surface area contributed by atoms with Crippen LogP contribution in [0.5, 0.6) is 0 Å². The van der Waals surface area contributed by atoms with Crippen LogP contribution in [0.4, 0.5) is 5.69 Å². The second-order valence-electron chi connectivity index (χ2n) is 5.03. The van der Waals surface area contributed by atoms with Gasteiger partial charge in [0.25, 0.3) is 0 Å². The number of nitrogen functional groups attached to an aromatic ring is 1. The summed E-state index contributed by atoms with van der Waals surface area (Å²) in [5, 5.41) is 0. The fourth-order valence-electron chi connectivity index (χ4n) is 2.12. The largest absolute Gasteiger partial charge is 0.398 e. The van der Waals surface area contributed by atoms with Crippen LogP contribution in [-0.2, 0) is 19.5 Å². The number of hydrogen-bond donors (Lipinski definition) is 2. The Morgan fingerprint density at radius 3 is 2.38 bits per heavy atom. The van der Waals surface area contributed by atoms with Gasteiger partial charge in [-0.2, -0.15) is 0 Å². The van der Waals surface area contributed by atoms with Gasteiger partial charge < -0.3 is 15.2 Å². The average molecular weight is 316 g/mol. The lowest BCUT2D eigenvalue weighted by atomic mass is 10.1. The van der Waals surface area contributed by atoms with E-state index in [1.54, 1.807) is 19.9 Å². The second kappa shape index (κ2) is 7.22. The molecule has 0 heterocycles. The first kappa shape index (κ1) is 17.9. The molecular formula is C14H24N2O4S. The molecule has 0 saturated carbocycles. The topological polar surface area (TPSA) is 90.7 Å². The molecule has 0 radical (unpaired) electrons. The molecule has 0 aliphatic rings. The molecule has 0 aliphatic carbocycles. The fourth-order valence-corrected chi connectivity index (χ4v) is 3.75. The van der Waals surface area contributed by atoms with E-state index in [0.29, 0.717) is 23.4 Å². The van der Waals surface area contributed by atoms with Crippen LogP contribution >= 0.6 is 0 Å². The first-order valence-corrected chi connectivity index (χ1v) is 8.10. The summed E-state index contributed by atoms with van der Waals surface area (Å²) >= 11 is 0. The molecule has 1 atom stereocenters. The highest BCUT2D eigenvalue weighted by atomic mass is 32.2. The Labute approximate surface area is 126 Å².